The van der Waals surface area contributed by atoms with Crippen LogP contribution in [0.3, 0.4) is 0 Å². The van der Waals surface area contributed by atoms with Gasteiger partial charge in [0.2, 0.25) is 0 Å². The van der Waals surface area contributed by atoms with Gasteiger partial charge in [-0.25, -0.2) is 0 Å². The number of methoxy groups -OCH3 is 1. The molecule has 20 heavy (non-hydrogen) atoms. The molecular formula is C17H32N2O. The smallest absolute Gasteiger partial charge is 0.0672 e. The van der Waals surface area contributed by atoms with E-state index in [9.17, 15) is 5.26 Å². The van der Waals surface area contributed by atoms with E-state index >= 15 is 0 Å². The van der Waals surface area contributed by atoms with E-state index in [1.165, 1.54) is 19.3 Å². The molecule has 0 aliphatic heterocycles. The molecular weight excluding hydrogens is 248 g/mol. The second-order valence-corrected chi connectivity index (χ2v) is 6.98. The highest BCUT2D eigenvalue weighted by atomic mass is 16.5. The van der Waals surface area contributed by atoms with Crippen molar-refractivity contribution in [1.82, 2.24) is 4.90 Å². The van der Waals surface area contributed by atoms with E-state index in [1.807, 2.05) is 0 Å². The largest absolute Gasteiger partial charge is 0.385 e. The summed E-state index contributed by atoms with van der Waals surface area (Å²) in [6, 6.07) is 2.96. The first-order valence-electron chi connectivity index (χ1n) is 8.05. The third-order valence-corrected chi connectivity index (χ3v) is 5.42. The SMILES string of the molecule is CCC(C)(C)C1CCC(C#N)C(N(C)CCCOC)C1. The van der Waals surface area contributed by atoms with Crippen LogP contribution >= 0.6 is 0 Å². The van der Waals surface area contributed by atoms with Gasteiger partial charge in [-0.05, 0) is 44.1 Å². The number of hydrogen-bond acceptors (Lipinski definition) is 3. The van der Waals surface area contributed by atoms with Gasteiger partial charge in [0.1, 0.15) is 0 Å². The van der Waals surface area contributed by atoms with E-state index in [0.717, 1.165) is 31.9 Å². The fraction of sp³-hybridized carbons (Fsp3) is 0.941. The minimum absolute atomic E-state index is 0.200. The quantitative estimate of drug-likeness (QED) is 0.667. The zero-order valence-electron chi connectivity index (χ0n) is 14.0. The number of nitriles is 1. The molecule has 3 unspecified atom stereocenters. The van der Waals surface area contributed by atoms with Gasteiger partial charge in [-0.2, -0.15) is 5.26 Å². The summed E-state index contributed by atoms with van der Waals surface area (Å²) in [5.74, 6) is 0.943. The molecule has 0 saturated heterocycles. The second-order valence-electron chi connectivity index (χ2n) is 6.98. The lowest BCUT2D eigenvalue weighted by Gasteiger charge is -2.44. The third kappa shape index (κ3) is 4.46. The molecule has 3 nitrogen and oxygen atoms in total. The van der Waals surface area contributed by atoms with E-state index in [0.29, 0.717) is 11.5 Å². The highest BCUT2D eigenvalue weighted by molar-refractivity contribution is 4.99. The monoisotopic (exact) mass is 280 g/mol. The van der Waals surface area contributed by atoms with Gasteiger partial charge in [-0.3, -0.25) is 0 Å². The van der Waals surface area contributed by atoms with Crippen LogP contribution in [0.25, 0.3) is 0 Å². The standard InChI is InChI=1S/C17H32N2O/c1-6-17(2,3)15-9-8-14(13-18)16(12-15)19(4)10-7-11-20-5/h14-16H,6-12H2,1-5H3. The Morgan fingerprint density at radius 3 is 2.60 bits per heavy atom. The molecule has 1 fully saturated rings. The Labute approximate surface area is 125 Å². The summed E-state index contributed by atoms with van der Waals surface area (Å²) in [6.45, 7) is 8.88. The van der Waals surface area contributed by atoms with Crippen molar-refractivity contribution in [2.24, 2.45) is 17.3 Å². The van der Waals surface area contributed by atoms with Crippen molar-refractivity contribution in [3.05, 3.63) is 0 Å². The van der Waals surface area contributed by atoms with Crippen LogP contribution < -0.4 is 0 Å². The van der Waals surface area contributed by atoms with Crippen molar-refractivity contribution in [2.75, 3.05) is 27.3 Å². The summed E-state index contributed by atoms with van der Waals surface area (Å²) in [6.07, 6.45) is 5.70. The van der Waals surface area contributed by atoms with Gasteiger partial charge >= 0.3 is 0 Å². The first-order chi connectivity index (χ1) is 9.46. The first-order valence-corrected chi connectivity index (χ1v) is 8.05. The minimum Gasteiger partial charge on any atom is -0.385 e. The highest BCUT2D eigenvalue weighted by Crippen LogP contribution is 2.43. The summed E-state index contributed by atoms with van der Waals surface area (Å²) < 4.78 is 5.13. The first kappa shape index (κ1) is 17.5. The molecule has 0 bridgehead atoms. The molecule has 1 aliphatic carbocycles. The van der Waals surface area contributed by atoms with Gasteiger partial charge < -0.3 is 9.64 Å². The second kappa shape index (κ2) is 8.00. The Balaban J connectivity index is 2.66. The number of rotatable bonds is 7. The van der Waals surface area contributed by atoms with Crippen LogP contribution in [0, 0.1) is 28.6 Å². The molecule has 3 atom stereocenters. The summed E-state index contributed by atoms with van der Waals surface area (Å²) >= 11 is 0. The molecule has 3 heteroatoms. The van der Waals surface area contributed by atoms with E-state index in [1.54, 1.807) is 7.11 Å². The van der Waals surface area contributed by atoms with Gasteiger partial charge in [-0.15, -0.1) is 0 Å². The van der Waals surface area contributed by atoms with Crippen LogP contribution in [0.4, 0.5) is 0 Å². The molecule has 0 N–H and O–H groups in total. The normalized spacial score (nSPS) is 27.6. The fourth-order valence-electron chi connectivity index (χ4n) is 3.41. The van der Waals surface area contributed by atoms with Crippen molar-refractivity contribution in [3.8, 4) is 6.07 Å². The van der Waals surface area contributed by atoms with Gasteiger partial charge in [0.25, 0.3) is 0 Å². The van der Waals surface area contributed by atoms with Crippen LogP contribution in [0.15, 0.2) is 0 Å². The molecule has 1 rings (SSSR count). The van der Waals surface area contributed by atoms with Crippen LogP contribution in [0.2, 0.25) is 0 Å². The van der Waals surface area contributed by atoms with Crippen LogP contribution in [0.5, 0.6) is 0 Å². The van der Waals surface area contributed by atoms with Crippen molar-refractivity contribution < 1.29 is 4.74 Å². The Morgan fingerprint density at radius 2 is 2.05 bits per heavy atom. The lowest BCUT2D eigenvalue weighted by Crippen LogP contribution is -2.45. The van der Waals surface area contributed by atoms with Crippen molar-refractivity contribution in [3.63, 3.8) is 0 Å². The summed E-state index contributed by atoms with van der Waals surface area (Å²) in [4.78, 5) is 2.39. The fourth-order valence-corrected chi connectivity index (χ4v) is 3.41. The summed E-state index contributed by atoms with van der Waals surface area (Å²) in [5, 5.41) is 9.43. The lowest BCUT2D eigenvalue weighted by molar-refractivity contribution is 0.0600. The molecule has 1 saturated carbocycles. The zero-order valence-corrected chi connectivity index (χ0v) is 14.0. The van der Waals surface area contributed by atoms with Crippen molar-refractivity contribution in [2.45, 2.75) is 58.9 Å². The van der Waals surface area contributed by atoms with Gasteiger partial charge in [-0.1, -0.05) is 27.2 Å². The summed E-state index contributed by atoms with van der Waals surface area (Å²) in [5.41, 5.74) is 0.395. The molecule has 0 amide bonds. The molecule has 1 aliphatic rings. The predicted molar refractivity (Wildman–Crippen MR) is 83.4 cm³/mol. The Morgan fingerprint density at radius 1 is 1.35 bits per heavy atom. The maximum atomic E-state index is 9.43. The predicted octanol–water partition coefficient (Wildman–Crippen LogP) is 3.70. The summed E-state index contributed by atoms with van der Waals surface area (Å²) in [7, 11) is 3.92. The topological polar surface area (TPSA) is 36.3 Å². The van der Waals surface area contributed by atoms with E-state index in [-0.39, 0.29) is 5.92 Å². The zero-order chi connectivity index (χ0) is 15.2. The van der Waals surface area contributed by atoms with Crippen LogP contribution in [0.1, 0.15) is 52.9 Å². The maximum Gasteiger partial charge on any atom is 0.0672 e. The van der Waals surface area contributed by atoms with E-state index in [4.69, 9.17) is 4.74 Å². The molecule has 0 spiro atoms. The van der Waals surface area contributed by atoms with Gasteiger partial charge in [0.15, 0.2) is 0 Å². The highest BCUT2D eigenvalue weighted by Gasteiger charge is 2.38. The maximum absolute atomic E-state index is 9.43. The third-order valence-electron chi connectivity index (χ3n) is 5.42. The number of ether oxygens (including phenoxy) is 1. The van der Waals surface area contributed by atoms with Crippen LogP contribution in [-0.4, -0.2) is 38.3 Å². The lowest BCUT2D eigenvalue weighted by atomic mass is 9.66. The van der Waals surface area contributed by atoms with E-state index in [2.05, 4.69) is 38.8 Å². The Kier molecular flexibility index (Phi) is 6.99. The molecule has 0 radical (unpaired) electrons. The molecule has 0 aromatic carbocycles. The van der Waals surface area contributed by atoms with Crippen molar-refractivity contribution in [1.29, 1.82) is 5.26 Å². The van der Waals surface area contributed by atoms with Crippen molar-refractivity contribution >= 4 is 0 Å². The average molecular weight is 280 g/mol. The van der Waals surface area contributed by atoms with E-state index < -0.39 is 0 Å². The number of hydrogen-bond donors (Lipinski definition) is 0. The van der Waals surface area contributed by atoms with Crippen LogP contribution in [-0.2, 0) is 4.74 Å². The number of nitrogens with zero attached hydrogens (tertiary/aromatic N) is 2. The minimum atomic E-state index is 0.200. The Hall–Kier alpha value is -0.590. The molecule has 0 aromatic rings. The average Bonchev–Trinajstić information content (AvgIpc) is 2.46. The van der Waals surface area contributed by atoms with Gasteiger partial charge in [0.05, 0.1) is 12.0 Å². The molecule has 0 heterocycles. The van der Waals surface area contributed by atoms with Gasteiger partial charge in [0, 0.05) is 26.3 Å². The Bertz CT molecular complexity index is 321. The molecule has 116 valence electrons. The molecule has 0 aromatic heterocycles.